The molecule has 1 aliphatic carbocycles. The van der Waals surface area contributed by atoms with Crippen LogP contribution in [0.2, 0.25) is 0 Å². The summed E-state index contributed by atoms with van der Waals surface area (Å²) in [7, 11) is 0. The first-order chi connectivity index (χ1) is 6.36. The van der Waals surface area contributed by atoms with Crippen LogP contribution in [-0.4, -0.2) is 16.2 Å². The van der Waals surface area contributed by atoms with E-state index in [4.69, 9.17) is 0 Å². The smallest absolute Gasteiger partial charge is 0.0798 e. The van der Waals surface area contributed by atoms with Gasteiger partial charge in [0.25, 0.3) is 0 Å². The molecule has 0 saturated heterocycles. The molecule has 14 heavy (non-hydrogen) atoms. The number of aromatic nitrogens is 1. The molecular weight excluding hydrogens is 194 g/mol. The number of aliphatic hydroxyl groups excluding tert-OH is 1. The van der Waals surface area contributed by atoms with Gasteiger partial charge >= 0.3 is 0 Å². The van der Waals surface area contributed by atoms with Crippen molar-refractivity contribution in [1.82, 2.24) is 4.98 Å². The molecule has 1 heterocycles. The van der Waals surface area contributed by atoms with E-state index >= 15 is 0 Å². The SMILES string of the molecule is CC1(C)CC(O)C(C)(C)c2ncsc21. The Morgan fingerprint density at radius 2 is 2.07 bits per heavy atom. The van der Waals surface area contributed by atoms with Crippen molar-refractivity contribution in [3.8, 4) is 0 Å². The fourth-order valence-corrected chi connectivity index (χ4v) is 3.27. The van der Waals surface area contributed by atoms with Crippen LogP contribution in [0.4, 0.5) is 0 Å². The highest BCUT2D eigenvalue weighted by molar-refractivity contribution is 7.10. The largest absolute Gasteiger partial charge is 0.392 e. The molecule has 78 valence electrons. The second-order valence-electron chi connectivity index (χ2n) is 5.36. The van der Waals surface area contributed by atoms with Crippen molar-refractivity contribution in [3.05, 3.63) is 16.1 Å². The van der Waals surface area contributed by atoms with Crippen LogP contribution in [0, 0.1) is 0 Å². The van der Waals surface area contributed by atoms with Gasteiger partial charge in [0.2, 0.25) is 0 Å². The van der Waals surface area contributed by atoms with Crippen LogP contribution in [-0.2, 0) is 10.8 Å². The number of rotatable bonds is 0. The van der Waals surface area contributed by atoms with Crippen LogP contribution >= 0.6 is 11.3 Å². The zero-order chi connectivity index (χ0) is 10.6. The normalized spacial score (nSPS) is 28.5. The number of hydrogen-bond donors (Lipinski definition) is 1. The fourth-order valence-electron chi connectivity index (χ4n) is 2.17. The molecule has 0 amide bonds. The van der Waals surface area contributed by atoms with Crippen molar-refractivity contribution in [3.63, 3.8) is 0 Å². The van der Waals surface area contributed by atoms with E-state index in [0.717, 1.165) is 12.1 Å². The van der Waals surface area contributed by atoms with Crippen LogP contribution < -0.4 is 0 Å². The summed E-state index contributed by atoms with van der Waals surface area (Å²) in [5, 5.41) is 10.1. The average molecular weight is 211 g/mol. The van der Waals surface area contributed by atoms with Gasteiger partial charge in [0.05, 0.1) is 17.3 Å². The third-order valence-electron chi connectivity index (χ3n) is 3.33. The standard InChI is InChI=1S/C11H17NOS/c1-10(2)5-7(13)11(3,4)8-9(10)14-6-12-8/h6-7,13H,5H2,1-4H3. The first-order valence-corrected chi connectivity index (χ1v) is 5.86. The second-order valence-corrected chi connectivity index (χ2v) is 6.21. The van der Waals surface area contributed by atoms with E-state index in [0.29, 0.717) is 0 Å². The Bertz CT molecular complexity index is 354. The van der Waals surface area contributed by atoms with E-state index in [-0.39, 0.29) is 16.9 Å². The highest BCUT2D eigenvalue weighted by Crippen LogP contribution is 2.46. The Hall–Kier alpha value is -0.410. The zero-order valence-corrected chi connectivity index (χ0v) is 9.98. The molecule has 1 unspecified atom stereocenters. The summed E-state index contributed by atoms with van der Waals surface area (Å²) in [5.41, 5.74) is 2.87. The van der Waals surface area contributed by atoms with E-state index in [2.05, 4.69) is 32.7 Å². The molecule has 0 aromatic carbocycles. The van der Waals surface area contributed by atoms with Gasteiger partial charge in [-0.3, -0.25) is 0 Å². The summed E-state index contributed by atoms with van der Waals surface area (Å²) in [6.07, 6.45) is 0.543. The Kier molecular flexibility index (Phi) is 2.02. The van der Waals surface area contributed by atoms with Gasteiger partial charge in [0.15, 0.2) is 0 Å². The highest BCUT2D eigenvalue weighted by Gasteiger charge is 2.45. The van der Waals surface area contributed by atoms with Crippen molar-refractivity contribution in [2.24, 2.45) is 0 Å². The van der Waals surface area contributed by atoms with Crippen molar-refractivity contribution in [2.45, 2.75) is 51.0 Å². The lowest BCUT2D eigenvalue weighted by Gasteiger charge is -2.42. The minimum Gasteiger partial charge on any atom is -0.392 e. The molecule has 0 aliphatic heterocycles. The van der Waals surface area contributed by atoms with Crippen LogP contribution in [0.1, 0.15) is 44.7 Å². The topological polar surface area (TPSA) is 33.1 Å². The van der Waals surface area contributed by atoms with E-state index in [9.17, 15) is 5.11 Å². The maximum atomic E-state index is 10.1. The molecule has 0 spiro atoms. The van der Waals surface area contributed by atoms with Crippen molar-refractivity contribution in [1.29, 1.82) is 0 Å². The molecule has 1 aromatic heterocycles. The van der Waals surface area contributed by atoms with E-state index in [1.54, 1.807) is 11.3 Å². The number of hydrogen-bond acceptors (Lipinski definition) is 3. The van der Waals surface area contributed by atoms with Gasteiger partial charge in [-0.15, -0.1) is 11.3 Å². The molecule has 1 atom stereocenters. The van der Waals surface area contributed by atoms with Crippen molar-refractivity contribution in [2.75, 3.05) is 0 Å². The van der Waals surface area contributed by atoms with Crippen molar-refractivity contribution < 1.29 is 5.11 Å². The van der Waals surface area contributed by atoms with Crippen molar-refractivity contribution >= 4 is 11.3 Å². The first-order valence-electron chi connectivity index (χ1n) is 4.98. The van der Waals surface area contributed by atoms with Crippen LogP contribution in [0.15, 0.2) is 5.51 Å². The minimum atomic E-state index is -0.285. The summed E-state index contributed by atoms with van der Waals surface area (Å²) in [4.78, 5) is 5.75. The first kappa shape index (κ1) is 10.1. The number of fused-ring (bicyclic) bond motifs is 1. The lowest BCUT2D eigenvalue weighted by Crippen LogP contribution is -2.44. The van der Waals surface area contributed by atoms with E-state index < -0.39 is 0 Å². The molecule has 3 heteroatoms. The molecule has 2 rings (SSSR count). The fraction of sp³-hybridized carbons (Fsp3) is 0.727. The third kappa shape index (κ3) is 1.22. The molecule has 0 saturated carbocycles. The maximum Gasteiger partial charge on any atom is 0.0798 e. The minimum absolute atomic E-state index is 0.0748. The molecule has 2 nitrogen and oxygen atoms in total. The lowest BCUT2D eigenvalue weighted by molar-refractivity contribution is 0.0574. The van der Waals surface area contributed by atoms with Gasteiger partial charge in [-0.25, -0.2) is 4.98 Å². The summed E-state index contributed by atoms with van der Waals surface area (Å²) in [6, 6.07) is 0. The quantitative estimate of drug-likeness (QED) is 0.715. The predicted octanol–water partition coefficient (Wildman–Crippen LogP) is 2.46. The molecule has 1 aromatic rings. The maximum absolute atomic E-state index is 10.1. The summed E-state index contributed by atoms with van der Waals surface area (Å²) in [5.74, 6) is 0. The molecule has 1 N–H and O–H groups in total. The summed E-state index contributed by atoms with van der Waals surface area (Å²) in [6.45, 7) is 8.52. The Balaban J connectivity index is 2.59. The monoisotopic (exact) mass is 211 g/mol. The van der Waals surface area contributed by atoms with Crippen LogP contribution in [0.5, 0.6) is 0 Å². The zero-order valence-electron chi connectivity index (χ0n) is 9.16. The Labute approximate surface area is 89.0 Å². The van der Waals surface area contributed by atoms with E-state index in [1.807, 2.05) is 5.51 Å². The highest BCUT2D eigenvalue weighted by atomic mass is 32.1. The number of nitrogens with zero attached hydrogens (tertiary/aromatic N) is 1. The lowest BCUT2D eigenvalue weighted by atomic mass is 9.67. The molecule has 0 bridgehead atoms. The molecule has 0 fully saturated rings. The average Bonchev–Trinajstić information content (AvgIpc) is 2.49. The van der Waals surface area contributed by atoms with Gasteiger partial charge in [-0.05, 0) is 6.42 Å². The Morgan fingerprint density at radius 1 is 1.43 bits per heavy atom. The summed E-state index contributed by atoms with van der Waals surface area (Å²) >= 11 is 1.71. The molecule has 1 aliphatic rings. The van der Waals surface area contributed by atoms with Crippen LogP contribution in [0.3, 0.4) is 0 Å². The van der Waals surface area contributed by atoms with Gasteiger partial charge in [-0.2, -0.15) is 0 Å². The van der Waals surface area contributed by atoms with Gasteiger partial charge in [-0.1, -0.05) is 27.7 Å². The van der Waals surface area contributed by atoms with Gasteiger partial charge in [0.1, 0.15) is 0 Å². The third-order valence-corrected chi connectivity index (χ3v) is 4.52. The van der Waals surface area contributed by atoms with Gasteiger partial charge in [0, 0.05) is 15.7 Å². The Morgan fingerprint density at radius 3 is 2.71 bits per heavy atom. The summed E-state index contributed by atoms with van der Waals surface area (Å²) < 4.78 is 0. The predicted molar refractivity (Wildman–Crippen MR) is 58.8 cm³/mol. The number of thiazole rings is 1. The number of aliphatic hydroxyl groups is 1. The van der Waals surface area contributed by atoms with Crippen LogP contribution in [0.25, 0.3) is 0 Å². The second kappa shape index (κ2) is 2.80. The van der Waals surface area contributed by atoms with Gasteiger partial charge < -0.3 is 5.11 Å². The molecule has 0 radical (unpaired) electrons. The molecular formula is C11H17NOS. The van der Waals surface area contributed by atoms with E-state index in [1.165, 1.54) is 4.88 Å².